The van der Waals surface area contributed by atoms with E-state index in [0.29, 0.717) is 0 Å². The van der Waals surface area contributed by atoms with Gasteiger partial charge in [0, 0.05) is 17.4 Å². The number of aromatic nitrogens is 1. The molecule has 0 radical (unpaired) electrons. The molecule has 0 unspecified atom stereocenters. The maximum atomic E-state index is 12.4. The molecule has 0 aliphatic carbocycles. The van der Waals surface area contributed by atoms with E-state index in [1.165, 1.54) is 24.3 Å². The minimum atomic E-state index is -4.56. The molecule has 1 heterocycles. The van der Waals surface area contributed by atoms with Crippen LogP contribution in [-0.4, -0.2) is 37.6 Å². The molecular weight excluding hydrogens is 447 g/mol. The molecule has 164 valence electrons. The number of rotatable bonds is 6. The highest BCUT2D eigenvalue weighted by Crippen LogP contribution is 2.25. The van der Waals surface area contributed by atoms with E-state index in [0.717, 1.165) is 12.3 Å². The zero-order chi connectivity index (χ0) is 22.7. The fourth-order valence-electron chi connectivity index (χ4n) is 2.21. The van der Waals surface area contributed by atoms with Gasteiger partial charge in [0.05, 0.1) is 10.5 Å². The smallest absolute Gasteiger partial charge is 0.422 e. The first-order chi connectivity index (χ1) is 13.7. The second-order valence-corrected chi connectivity index (χ2v) is 9.34. The van der Waals surface area contributed by atoms with Gasteiger partial charge in [0.15, 0.2) is 6.61 Å². The molecule has 2 rings (SSSR count). The molecule has 30 heavy (non-hydrogen) atoms. The summed E-state index contributed by atoms with van der Waals surface area (Å²) in [6.07, 6.45) is -3.57. The number of anilines is 1. The minimum absolute atomic E-state index is 0.0534. The number of amides is 1. The van der Waals surface area contributed by atoms with Crippen molar-refractivity contribution in [3.63, 3.8) is 0 Å². The van der Waals surface area contributed by atoms with E-state index in [1.54, 1.807) is 20.8 Å². The lowest BCUT2D eigenvalue weighted by Gasteiger charge is -2.20. The van der Waals surface area contributed by atoms with Crippen LogP contribution in [0.3, 0.4) is 0 Å². The summed E-state index contributed by atoms with van der Waals surface area (Å²) in [7, 11) is -3.81. The standard InChI is InChI=1S/C18H19ClF3N3O4S/c1-17(2,3)25-30(27,28)13-6-4-5-12(8-13)24-15(26)11-7-14(19)16(23-9-11)29-10-18(20,21)22/h4-9,25H,10H2,1-3H3,(H,24,26). The molecule has 7 nitrogen and oxygen atoms in total. The van der Waals surface area contributed by atoms with Gasteiger partial charge in [-0.1, -0.05) is 17.7 Å². The number of hydrogen-bond acceptors (Lipinski definition) is 5. The molecule has 0 saturated heterocycles. The topological polar surface area (TPSA) is 97.4 Å². The van der Waals surface area contributed by atoms with Gasteiger partial charge in [0.25, 0.3) is 5.91 Å². The molecule has 0 aliphatic rings. The van der Waals surface area contributed by atoms with E-state index in [-0.39, 0.29) is 21.2 Å². The first-order valence-electron chi connectivity index (χ1n) is 8.47. The van der Waals surface area contributed by atoms with Gasteiger partial charge in [-0.05, 0) is 45.0 Å². The van der Waals surface area contributed by atoms with E-state index >= 15 is 0 Å². The molecule has 0 aliphatic heterocycles. The number of hydrogen-bond donors (Lipinski definition) is 2. The Labute approximate surface area is 176 Å². The van der Waals surface area contributed by atoms with Crippen LogP contribution in [0.1, 0.15) is 31.1 Å². The first-order valence-corrected chi connectivity index (χ1v) is 10.3. The lowest BCUT2D eigenvalue weighted by Crippen LogP contribution is -2.40. The highest BCUT2D eigenvalue weighted by Gasteiger charge is 2.29. The van der Waals surface area contributed by atoms with E-state index in [1.807, 2.05) is 0 Å². The van der Waals surface area contributed by atoms with Crippen molar-refractivity contribution >= 4 is 33.2 Å². The molecule has 1 amide bonds. The Morgan fingerprint density at radius 3 is 2.43 bits per heavy atom. The number of sulfonamides is 1. The molecule has 0 atom stereocenters. The van der Waals surface area contributed by atoms with Crippen LogP contribution in [0.15, 0.2) is 41.4 Å². The van der Waals surface area contributed by atoms with Crippen molar-refractivity contribution in [3.8, 4) is 5.88 Å². The molecule has 2 N–H and O–H groups in total. The van der Waals surface area contributed by atoms with Crippen LogP contribution in [0.4, 0.5) is 18.9 Å². The Hall–Kier alpha value is -2.37. The molecule has 1 aromatic carbocycles. The molecular formula is C18H19ClF3N3O4S. The molecule has 0 bridgehead atoms. The third-order valence-corrected chi connectivity index (χ3v) is 5.31. The molecule has 12 heteroatoms. The van der Waals surface area contributed by atoms with E-state index in [2.05, 4.69) is 19.8 Å². The maximum absolute atomic E-state index is 12.4. The second kappa shape index (κ2) is 8.78. The Kier molecular flexibility index (Phi) is 7.00. The third kappa shape index (κ3) is 7.15. The summed E-state index contributed by atoms with van der Waals surface area (Å²) >= 11 is 5.83. The molecule has 0 spiro atoms. The van der Waals surface area contributed by atoms with Gasteiger partial charge < -0.3 is 10.1 Å². The molecule has 1 aromatic heterocycles. The number of alkyl halides is 3. The summed E-state index contributed by atoms with van der Waals surface area (Å²) in [5.41, 5.74) is -0.568. The summed E-state index contributed by atoms with van der Waals surface area (Å²) in [6.45, 7) is 3.49. The highest BCUT2D eigenvalue weighted by molar-refractivity contribution is 7.89. The van der Waals surface area contributed by atoms with Gasteiger partial charge in [0.1, 0.15) is 5.02 Å². The largest absolute Gasteiger partial charge is 0.467 e. The van der Waals surface area contributed by atoms with Crippen LogP contribution in [0.25, 0.3) is 0 Å². The summed E-state index contributed by atoms with van der Waals surface area (Å²) in [5.74, 6) is -1.16. The Bertz CT molecular complexity index is 1040. The van der Waals surface area contributed by atoms with Crippen molar-refractivity contribution in [2.24, 2.45) is 0 Å². The molecule has 0 saturated carbocycles. The average molecular weight is 466 g/mol. The van der Waals surface area contributed by atoms with E-state index in [9.17, 15) is 26.4 Å². The van der Waals surface area contributed by atoms with Gasteiger partial charge in [-0.15, -0.1) is 0 Å². The third-order valence-electron chi connectivity index (χ3n) is 3.28. The van der Waals surface area contributed by atoms with Crippen molar-refractivity contribution in [1.82, 2.24) is 9.71 Å². The number of benzene rings is 1. The number of pyridine rings is 1. The van der Waals surface area contributed by atoms with Gasteiger partial charge >= 0.3 is 6.18 Å². The summed E-state index contributed by atoms with van der Waals surface area (Å²) in [4.78, 5) is 16.0. The second-order valence-electron chi connectivity index (χ2n) is 7.25. The van der Waals surface area contributed by atoms with Crippen molar-refractivity contribution in [2.45, 2.75) is 37.4 Å². The Balaban J connectivity index is 2.16. The van der Waals surface area contributed by atoms with Crippen LogP contribution in [0.5, 0.6) is 5.88 Å². The maximum Gasteiger partial charge on any atom is 0.422 e. The minimum Gasteiger partial charge on any atom is -0.467 e. The van der Waals surface area contributed by atoms with Crippen molar-refractivity contribution < 1.29 is 31.1 Å². The monoisotopic (exact) mass is 465 g/mol. The predicted octanol–water partition coefficient (Wildman–Crippen LogP) is 4.01. The number of ether oxygens (including phenoxy) is 1. The van der Waals surface area contributed by atoms with Crippen LogP contribution in [0, 0.1) is 0 Å². The van der Waals surface area contributed by atoms with Crippen molar-refractivity contribution in [2.75, 3.05) is 11.9 Å². The van der Waals surface area contributed by atoms with Gasteiger partial charge in [0.2, 0.25) is 15.9 Å². The number of carbonyl (C=O) groups is 1. The quantitative estimate of drug-likeness (QED) is 0.672. The van der Waals surface area contributed by atoms with Crippen molar-refractivity contribution in [3.05, 3.63) is 47.1 Å². The van der Waals surface area contributed by atoms with Gasteiger partial charge in [-0.25, -0.2) is 18.1 Å². The van der Waals surface area contributed by atoms with E-state index in [4.69, 9.17) is 11.6 Å². The predicted molar refractivity (Wildman–Crippen MR) is 105 cm³/mol. The zero-order valence-electron chi connectivity index (χ0n) is 16.2. The zero-order valence-corrected chi connectivity index (χ0v) is 17.7. The van der Waals surface area contributed by atoms with Crippen LogP contribution >= 0.6 is 11.6 Å². The molecule has 2 aromatic rings. The highest BCUT2D eigenvalue weighted by atomic mass is 35.5. The first kappa shape index (κ1) is 23.9. The lowest BCUT2D eigenvalue weighted by atomic mass is 10.1. The van der Waals surface area contributed by atoms with Crippen LogP contribution < -0.4 is 14.8 Å². The normalized spacial score (nSPS) is 12.5. The number of carbonyl (C=O) groups excluding carboxylic acids is 1. The Morgan fingerprint density at radius 2 is 1.87 bits per heavy atom. The number of nitrogens with zero attached hydrogens (tertiary/aromatic N) is 1. The number of nitrogens with one attached hydrogen (secondary N) is 2. The summed E-state index contributed by atoms with van der Waals surface area (Å²) in [5, 5.41) is 2.21. The average Bonchev–Trinajstić information content (AvgIpc) is 2.58. The lowest BCUT2D eigenvalue weighted by molar-refractivity contribution is -0.154. The van der Waals surface area contributed by atoms with Gasteiger partial charge in [-0.3, -0.25) is 4.79 Å². The fourth-order valence-corrected chi connectivity index (χ4v) is 3.90. The van der Waals surface area contributed by atoms with Crippen LogP contribution in [-0.2, 0) is 10.0 Å². The van der Waals surface area contributed by atoms with Gasteiger partial charge in [-0.2, -0.15) is 13.2 Å². The van der Waals surface area contributed by atoms with Crippen molar-refractivity contribution in [1.29, 1.82) is 0 Å². The van der Waals surface area contributed by atoms with Crippen LogP contribution in [0.2, 0.25) is 5.02 Å². The van der Waals surface area contributed by atoms with E-state index < -0.39 is 40.1 Å². The fraction of sp³-hybridized carbons (Fsp3) is 0.333. The number of halogens is 4. The summed E-state index contributed by atoms with van der Waals surface area (Å²) < 4.78 is 68.5. The Morgan fingerprint density at radius 1 is 1.20 bits per heavy atom. The summed E-state index contributed by atoms with van der Waals surface area (Å²) in [6, 6.07) is 6.66. The molecule has 0 fully saturated rings. The SMILES string of the molecule is CC(C)(C)NS(=O)(=O)c1cccc(NC(=O)c2cnc(OCC(F)(F)F)c(Cl)c2)c1.